The van der Waals surface area contributed by atoms with Crippen molar-refractivity contribution in [2.75, 3.05) is 0 Å². The molecule has 9 rings (SSSR count). The van der Waals surface area contributed by atoms with Gasteiger partial charge in [-0.15, -0.1) is 0 Å². The summed E-state index contributed by atoms with van der Waals surface area (Å²) in [4.78, 5) is 0. The van der Waals surface area contributed by atoms with E-state index in [4.69, 9.17) is 0 Å². The summed E-state index contributed by atoms with van der Waals surface area (Å²) in [5.74, 6) is 0. The van der Waals surface area contributed by atoms with Crippen molar-refractivity contribution in [3.63, 3.8) is 0 Å². The molecule has 52 heavy (non-hydrogen) atoms. The third kappa shape index (κ3) is 5.58. The van der Waals surface area contributed by atoms with Gasteiger partial charge in [0.25, 0.3) is 0 Å². The molecule has 0 heterocycles. The maximum atomic E-state index is 3.83. The van der Waals surface area contributed by atoms with Crippen molar-refractivity contribution in [3.8, 4) is 66.8 Å². The lowest BCUT2D eigenvalue weighted by Gasteiger charge is -2.23. The summed E-state index contributed by atoms with van der Waals surface area (Å²) in [7, 11) is 0. The molecule has 0 aromatic heterocycles. The lowest BCUT2D eigenvalue weighted by atomic mass is 9.81. The molecule has 248 valence electrons. The first-order valence-corrected chi connectivity index (χ1v) is 18.3. The summed E-state index contributed by atoms with van der Waals surface area (Å²) in [5, 5.41) is 0. The highest BCUT2D eigenvalue weighted by atomic mass is 14.3. The van der Waals surface area contributed by atoms with Crippen molar-refractivity contribution >= 4 is 5.57 Å². The molecule has 0 amide bonds. The molecular weight excluding hydrogens is 625 g/mol. The molecule has 0 saturated carbocycles. The molecule has 0 aliphatic heterocycles. The monoisotopic (exact) mass is 664 g/mol. The molecule has 0 saturated heterocycles. The summed E-state index contributed by atoms with van der Waals surface area (Å²) < 4.78 is 0. The molecule has 7 aromatic rings. The lowest BCUT2D eigenvalue weighted by molar-refractivity contribution is 1.21. The Balaban J connectivity index is 1.10. The molecule has 2 aliphatic rings. The molecule has 2 aliphatic carbocycles. The zero-order chi connectivity index (χ0) is 35.2. The molecule has 0 radical (unpaired) electrons. The predicted octanol–water partition coefficient (Wildman–Crippen LogP) is 13.9. The summed E-state index contributed by atoms with van der Waals surface area (Å²) in [6.45, 7) is 8.30. The number of rotatable bonds is 5. The highest BCUT2D eigenvalue weighted by Crippen LogP contribution is 2.44. The van der Waals surface area contributed by atoms with E-state index in [1.807, 2.05) is 12.2 Å². The van der Waals surface area contributed by atoms with E-state index in [0.29, 0.717) is 0 Å². The minimum Gasteiger partial charge on any atom is -0.0991 e. The summed E-state index contributed by atoms with van der Waals surface area (Å²) >= 11 is 0. The Morgan fingerprint density at radius 1 is 0.385 bits per heavy atom. The van der Waals surface area contributed by atoms with Crippen LogP contribution in [0.15, 0.2) is 176 Å². The van der Waals surface area contributed by atoms with Crippen molar-refractivity contribution in [3.05, 3.63) is 210 Å². The normalized spacial score (nSPS) is 13.5. The molecule has 0 spiro atoms. The van der Waals surface area contributed by atoms with Gasteiger partial charge in [0, 0.05) is 0 Å². The van der Waals surface area contributed by atoms with Gasteiger partial charge in [0.15, 0.2) is 0 Å². The molecule has 0 N–H and O–H groups in total. The number of allylic oxidation sites excluding steroid dienone is 5. The van der Waals surface area contributed by atoms with Crippen LogP contribution in [0, 0.1) is 13.8 Å². The van der Waals surface area contributed by atoms with Gasteiger partial charge in [-0.05, 0) is 157 Å². The zero-order valence-corrected chi connectivity index (χ0v) is 29.8. The van der Waals surface area contributed by atoms with Crippen molar-refractivity contribution in [1.82, 2.24) is 0 Å². The van der Waals surface area contributed by atoms with Crippen LogP contribution in [0.5, 0.6) is 0 Å². The minimum atomic E-state index is 0.917. The summed E-state index contributed by atoms with van der Waals surface area (Å²) in [6.07, 6.45) is 9.99. The molecule has 0 atom stereocenters. The first-order chi connectivity index (χ1) is 25.6. The van der Waals surface area contributed by atoms with E-state index in [0.717, 1.165) is 12.8 Å². The molecule has 0 nitrogen and oxygen atoms in total. The van der Waals surface area contributed by atoms with Crippen molar-refractivity contribution in [2.24, 2.45) is 0 Å². The van der Waals surface area contributed by atoms with E-state index in [1.54, 1.807) is 0 Å². The fourth-order valence-corrected chi connectivity index (χ4v) is 8.30. The number of fused-ring (bicyclic) bond motifs is 8. The average Bonchev–Trinajstić information content (AvgIpc) is 3.33. The van der Waals surface area contributed by atoms with Crippen LogP contribution in [0.1, 0.15) is 33.4 Å². The molecule has 7 aromatic carbocycles. The SMILES string of the molecule is C=C/C=C\C=C1/Cc2ccc(-c3ccc(C)c(-c4cc(-c5ccc6c(c5)-c5ccccc5-c5ccccc5C6)ccc4C)c3)cc2-c2ccccc21. The maximum Gasteiger partial charge on any atom is -0.00134 e. The van der Waals surface area contributed by atoms with Crippen LogP contribution in [0.3, 0.4) is 0 Å². The first kappa shape index (κ1) is 31.7. The second-order valence-corrected chi connectivity index (χ2v) is 14.2. The van der Waals surface area contributed by atoms with Crippen LogP contribution >= 0.6 is 0 Å². The Kier molecular flexibility index (Phi) is 8.02. The van der Waals surface area contributed by atoms with Gasteiger partial charge in [-0.2, -0.15) is 0 Å². The standard InChI is InChI=1S/C52H40/c1-4-5-6-13-40-28-42-26-24-38(32-51(42)47-18-10-9-16-45(40)47)36-22-20-34(2)49(30-36)50-31-37(23-21-35(50)3)39-25-27-43-29-41-14-7-8-15-44(41)46-17-11-12-19-48(46)52(43)33-39/h4-27,30-33H,1,28-29H2,2-3H3/b6-5-,40-13+. The highest BCUT2D eigenvalue weighted by molar-refractivity contribution is 5.92. The number of hydrogen-bond donors (Lipinski definition) is 0. The van der Waals surface area contributed by atoms with Crippen molar-refractivity contribution < 1.29 is 0 Å². The van der Waals surface area contributed by atoms with Gasteiger partial charge in [-0.3, -0.25) is 0 Å². The van der Waals surface area contributed by atoms with E-state index in [2.05, 4.69) is 178 Å². The third-order valence-corrected chi connectivity index (χ3v) is 11.0. The second kappa shape index (κ2) is 13.1. The van der Waals surface area contributed by atoms with E-state index >= 15 is 0 Å². The van der Waals surface area contributed by atoms with E-state index in [9.17, 15) is 0 Å². The van der Waals surface area contributed by atoms with Gasteiger partial charge in [-0.1, -0.05) is 152 Å². The Morgan fingerprint density at radius 2 is 0.808 bits per heavy atom. The van der Waals surface area contributed by atoms with Crippen LogP contribution in [0.25, 0.3) is 72.3 Å². The van der Waals surface area contributed by atoms with Crippen molar-refractivity contribution in [1.29, 1.82) is 0 Å². The smallest absolute Gasteiger partial charge is 0.00134 e. The Bertz CT molecular complexity index is 2610. The predicted molar refractivity (Wildman–Crippen MR) is 222 cm³/mol. The summed E-state index contributed by atoms with van der Waals surface area (Å²) in [5.41, 5.74) is 24.8. The maximum absolute atomic E-state index is 3.83. The summed E-state index contributed by atoms with van der Waals surface area (Å²) in [6, 6.07) is 54.6. The average molecular weight is 665 g/mol. The van der Waals surface area contributed by atoms with Gasteiger partial charge in [0.05, 0.1) is 0 Å². The highest BCUT2D eigenvalue weighted by Gasteiger charge is 2.22. The number of aryl methyl sites for hydroxylation is 2. The second-order valence-electron chi connectivity index (χ2n) is 14.2. The Morgan fingerprint density at radius 3 is 1.38 bits per heavy atom. The Hall–Kier alpha value is -6.24. The zero-order valence-electron chi connectivity index (χ0n) is 29.8. The minimum absolute atomic E-state index is 0.917. The topological polar surface area (TPSA) is 0 Å². The quantitative estimate of drug-likeness (QED) is 0.161. The van der Waals surface area contributed by atoms with Gasteiger partial charge < -0.3 is 0 Å². The van der Waals surface area contributed by atoms with Gasteiger partial charge in [0.2, 0.25) is 0 Å². The molecule has 0 heteroatoms. The van der Waals surface area contributed by atoms with Crippen LogP contribution in [-0.4, -0.2) is 0 Å². The fraction of sp³-hybridized carbons (Fsp3) is 0.0769. The van der Waals surface area contributed by atoms with E-state index in [1.165, 1.54) is 106 Å². The molecule has 0 fully saturated rings. The number of benzene rings is 7. The fourth-order valence-electron chi connectivity index (χ4n) is 8.30. The van der Waals surface area contributed by atoms with E-state index < -0.39 is 0 Å². The van der Waals surface area contributed by atoms with E-state index in [-0.39, 0.29) is 0 Å². The number of hydrogen-bond acceptors (Lipinski definition) is 0. The molecule has 0 unspecified atom stereocenters. The van der Waals surface area contributed by atoms with Gasteiger partial charge in [-0.25, -0.2) is 0 Å². The largest absolute Gasteiger partial charge is 0.0991 e. The van der Waals surface area contributed by atoms with Crippen LogP contribution in [0.2, 0.25) is 0 Å². The van der Waals surface area contributed by atoms with Crippen molar-refractivity contribution in [2.45, 2.75) is 26.7 Å². The van der Waals surface area contributed by atoms with Crippen LogP contribution in [0.4, 0.5) is 0 Å². The molecular formula is C52H40. The van der Waals surface area contributed by atoms with Crippen LogP contribution < -0.4 is 0 Å². The van der Waals surface area contributed by atoms with Crippen LogP contribution in [-0.2, 0) is 12.8 Å². The lowest BCUT2D eigenvalue weighted by Crippen LogP contribution is -2.03. The Labute approximate surface area is 307 Å². The van der Waals surface area contributed by atoms with Gasteiger partial charge >= 0.3 is 0 Å². The molecule has 0 bridgehead atoms. The van der Waals surface area contributed by atoms with Gasteiger partial charge in [0.1, 0.15) is 0 Å². The first-order valence-electron chi connectivity index (χ1n) is 18.3. The third-order valence-electron chi connectivity index (χ3n) is 11.0.